The zero-order valence-corrected chi connectivity index (χ0v) is 15.0. The first-order chi connectivity index (χ1) is 11.9. The molecule has 0 aliphatic carbocycles. The van der Waals surface area contributed by atoms with Crippen LogP contribution in [0, 0.1) is 6.92 Å². The normalized spacial score (nSPS) is 19.2. The number of rotatable bonds is 5. The number of anilines is 1. The van der Waals surface area contributed by atoms with Gasteiger partial charge in [0.2, 0.25) is 0 Å². The van der Waals surface area contributed by atoms with Gasteiger partial charge in [-0.15, -0.1) is 0 Å². The predicted octanol–water partition coefficient (Wildman–Crippen LogP) is 3.87. The molecule has 0 saturated carbocycles. The summed E-state index contributed by atoms with van der Waals surface area (Å²) in [4.78, 5) is 27.1. The van der Waals surface area contributed by atoms with E-state index in [2.05, 4.69) is 0 Å². The van der Waals surface area contributed by atoms with E-state index < -0.39 is 11.5 Å². The highest BCUT2D eigenvalue weighted by Gasteiger charge is 2.50. The molecule has 2 aromatic carbocycles. The number of amides is 1. The summed E-state index contributed by atoms with van der Waals surface area (Å²) in [5.74, 6) is -0.726. The lowest BCUT2D eigenvalue weighted by Gasteiger charge is -2.22. The molecule has 0 radical (unpaired) electrons. The molecule has 25 heavy (non-hydrogen) atoms. The Morgan fingerprint density at radius 1 is 1.20 bits per heavy atom. The summed E-state index contributed by atoms with van der Waals surface area (Å²) in [5, 5.41) is 11.7. The fourth-order valence-corrected chi connectivity index (χ4v) is 3.38. The van der Waals surface area contributed by atoms with Crippen molar-refractivity contribution in [3.8, 4) is 0 Å². The molecule has 1 heterocycles. The van der Waals surface area contributed by atoms with E-state index in [4.69, 9.17) is 11.6 Å². The number of carbonyl (C=O) groups is 2. The topological polar surface area (TPSA) is 57.6 Å². The summed E-state index contributed by atoms with van der Waals surface area (Å²) < 4.78 is 0. The standard InChI is InChI=1S/C20H20ClNO3/c1-3-10-22-17-9-4-13(2)11-16(17)20(25,19(22)24)12-18(23)14-5-7-15(21)8-6-14/h4-9,11,25H,3,10,12H2,1-2H3/t20-/m1/s1. The number of hydrogen-bond donors (Lipinski definition) is 1. The Hall–Kier alpha value is -2.17. The van der Waals surface area contributed by atoms with Crippen LogP contribution in [0.4, 0.5) is 5.69 Å². The quantitative estimate of drug-likeness (QED) is 0.826. The number of Topliss-reactive ketones (excluding diaryl/α,β-unsaturated/α-hetero) is 1. The lowest BCUT2D eigenvalue weighted by atomic mass is 9.87. The van der Waals surface area contributed by atoms with Gasteiger partial charge in [0.1, 0.15) is 0 Å². The minimum absolute atomic E-state index is 0.288. The third-order valence-corrected chi connectivity index (χ3v) is 4.77. The molecule has 0 spiro atoms. The second kappa shape index (κ2) is 6.62. The number of benzene rings is 2. The Bertz CT molecular complexity index is 831. The lowest BCUT2D eigenvalue weighted by Crippen LogP contribution is -2.42. The molecule has 0 fully saturated rings. The van der Waals surface area contributed by atoms with E-state index in [1.165, 1.54) is 0 Å². The van der Waals surface area contributed by atoms with Crippen LogP contribution in [0.3, 0.4) is 0 Å². The van der Waals surface area contributed by atoms with E-state index in [0.29, 0.717) is 28.4 Å². The van der Waals surface area contributed by atoms with E-state index in [1.54, 1.807) is 35.2 Å². The first-order valence-electron chi connectivity index (χ1n) is 8.31. The second-order valence-corrected chi connectivity index (χ2v) is 6.88. The fraction of sp³-hybridized carbons (Fsp3) is 0.300. The molecule has 1 N–H and O–H groups in total. The van der Waals surface area contributed by atoms with Crippen LogP contribution in [-0.4, -0.2) is 23.3 Å². The fourth-order valence-electron chi connectivity index (χ4n) is 3.25. The maximum Gasteiger partial charge on any atom is 0.264 e. The molecule has 1 aliphatic rings. The number of ketones is 1. The minimum Gasteiger partial charge on any atom is -0.375 e. The molecule has 0 bridgehead atoms. The summed E-state index contributed by atoms with van der Waals surface area (Å²) in [6.45, 7) is 4.37. The molecule has 0 aromatic heterocycles. The second-order valence-electron chi connectivity index (χ2n) is 6.44. The third-order valence-electron chi connectivity index (χ3n) is 4.52. The first-order valence-corrected chi connectivity index (χ1v) is 8.69. The van der Waals surface area contributed by atoms with E-state index in [0.717, 1.165) is 12.0 Å². The summed E-state index contributed by atoms with van der Waals surface area (Å²) >= 11 is 5.85. The van der Waals surface area contributed by atoms with Crippen LogP contribution in [-0.2, 0) is 10.4 Å². The van der Waals surface area contributed by atoms with Crippen LogP contribution in [0.2, 0.25) is 5.02 Å². The molecule has 2 aromatic rings. The van der Waals surface area contributed by atoms with Crippen LogP contribution in [0.25, 0.3) is 0 Å². The number of aliphatic hydroxyl groups is 1. The predicted molar refractivity (Wildman–Crippen MR) is 98.1 cm³/mol. The van der Waals surface area contributed by atoms with Crippen molar-refractivity contribution in [2.24, 2.45) is 0 Å². The van der Waals surface area contributed by atoms with Gasteiger partial charge in [-0.05, 0) is 43.7 Å². The molecular weight excluding hydrogens is 338 g/mol. The van der Waals surface area contributed by atoms with Crippen LogP contribution in [0.1, 0.15) is 41.3 Å². The van der Waals surface area contributed by atoms with Crippen LogP contribution < -0.4 is 4.90 Å². The van der Waals surface area contributed by atoms with Gasteiger partial charge in [-0.3, -0.25) is 9.59 Å². The summed E-state index contributed by atoms with van der Waals surface area (Å²) in [6.07, 6.45) is 0.477. The largest absolute Gasteiger partial charge is 0.375 e. The molecule has 3 rings (SSSR count). The Morgan fingerprint density at radius 2 is 1.88 bits per heavy atom. The van der Waals surface area contributed by atoms with E-state index in [-0.39, 0.29) is 12.2 Å². The Balaban J connectivity index is 1.99. The van der Waals surface area contributed by atoms with Crippen molar-refractivity contribution in [3.63, 3.8) is 0 Å². The van der Waals surface area contributed by atoms with E-state index >= 15 is 0 Å². The molecule has 1 atom stereocenters. The molecular formula is C20H20ClNO3. The van der Waals surface area contributed by atoms with Crippen molar-refractivity contribution < 1.29 is 14.7 Å². The Labute approximate surface area is 152 Å². The number of halogens is 1. The lowest BCUT2D eigenvalue weighted by molar-refractivity contribution is -0.135. The van der Waals surface area contributed by atoms with Crippen molar-refractivity contribution >= 4 is 29.0 Å². The van der Waals surface area contributed by atoms with Crippen molar-refractivity contribution in [1.82, 2.24) is 0 Å². The van der Waals surface area contributed by atoms with Gasteiger partial charge < -0.3 is 10.0 Å². The van der Waals surface area contributed by atoms with Crippen molar-refractivity contribution in [1.29, 1.82) is 0 Å². The number of carbonyl (C=O) groups excluding carboxylic acids is 2. The van der Waals surface area contributed by atoms with Crippen molar-refractivity contribution in [3.05, 3.63) is 64.2 Å². The monoisotopic (exact) mass is 357 g/mol. The third kappa shape index (κ3) is 3.08. The SMILES string of the molecule is CCCN1C(=O)[C@@](O)(CC(=O)c2ccc(Cl)cc2)c2cc(C)ccc21. The van der Waals surface area contributed by atoms with Gasteiger partial charge in [-0.25, -0.2) is 0 Å². The van der Waals surface area contributed by atoms with Gasteiger partial charge in [0.15, 0.2) is 11.4 Å². The van der Waals surface area contributed by atoms with E-state index in [1.807, 2.05) is 26.0 Å². The minimum atomic E-state index is -1.83. The summed E-state index contributed by atoms with van der Waals surface area (Å²) in [6, 6.07) is 12.0. The first kappa shape index (κ1) is 17.6. The number of hydrogen-bond acceptors (Lipinski definition) is 3. The van der Waals surface area contributed by atoms with Gasteiger partial charge >= 0.3 is 0 Å². The Kier molecular flexibility index (Phi) is 4.67. The smallest absolute Gasteiger partial charge is 0.264 e. The molecule has 0 saturated heterocycles. The molecule has 1 amide bonds. The molecule has 130 valence electrons. The van der Waals surface area contributed by atoms with Gasteiger partial charge in [-0.2, -0.15) is 0 Å². The highest BCUT2D eigenvalue weighted by molar-refractivity contribution is 6.30. The zero-order chi connectivity index (χ0) is 18.2. The van der Waals surface area contributed by atoms with Crippen molar-refractivity contribution in [2.45, 2.75) is 32.3 Å². The van der Waals surface area contributed by atoms with Gasteiger partial charge in [0.25, 0.3) is 5.91 Å². The van der Waals surface area contributed by atoms with Crippen LogP contribution in [0.5, 0.6) is 0 Å². The highest BCUT2D eigenvalue weighted by atomic mass is 35.5. The van der Waals surface area contributed by atoms with Crippen LogP contribution >= 0.6 is 11.6 Å². The molecule has 5 heteroatoms. The summed E-state index contributed by atoms with van der Waals surface area (Å²) in [5.41, 5.74) is 0.723. The molecule has 4 nitrogen and oxygen atoms in total. The molecule has 0 unspecified atom stereocenters. The van der Waals surface area contributed by atoms with E-state index in [9.17, 15) is 14.7 Å². The van der Waals surface area contributed by atoms with Gasteiger partial charge in [0.05, 0.1) is 12.1 Å². The van der Waals surface area contributed by atoms with Gasteiger partial charge in [0, 0.05) is 22.7 Å². The summed E-state index contributed by atoms with van der Waals surface area (Å²) in [7, 11) is 0. The van der Waals surface area contributed by atoms with Crippen LogP contribution in [0.15, 0.2) is 42.5 Å². The number of fused-ring (bicyclic) bond motifs is 1. The Morgan fingerprint density at radius 3 is 2.52 bits per heavy atom. The average molecular weight is 358 g/mol. The van der Waals surface area contributed by atoms with Crippen molar-refractivity contribution in [2.75, 3.05) is 11.4 Å². The average Bonchev–Trinajstić information content (AvgIpc) is 2.77. The number of aryl methyl sites for hydroxylation is 1. The molecule has 1 aliphatic heterocycles. The maximum atomic E-state index is 12.9. The highest BCUT2D eigenvalue weighted by Crippen LogP contribution is 2.43. The van der Waals surface area contributed by atoms with Gasteiger partial charge in [-0.1, -0.05) is 36.2 Å². The zero-order valence-electron chi connectivity index (χ0n) is 14.3. The number of nitrogens with zero attached hydrogens (tertiary/aromatic N) is 1. The maximum absolute atomic E-state index is 12.9.